The molecule has 0 aliphatic carbocycles. The minimum Gasteiger partial charge on any atom is -0.508 e. The van der Waals surface area contributed by atoms with Gasteiger partial charge in [0.05, 0.1) is 4.90 Å². The van der Waals surface area contributed by atoms with Crippen LogP contribution in [0, 0.1) is 6.92 Å². The second kappa shape index (κ2) is 5.24. The molecule has 98 valence electrons. The van der Waals surface area contributed by atoms with Crippen molar-refractivity contribution in [2.45, 2.75) is 11.8 Å². The molecular weight excluding hydrogens is 262 g/mol. The Balaban J connectivity index is 2.32. The third-order valence-electron chi connectivity index (χ3n) is 2.61. The summed E-state index contributed by atoms with van der Waals surface area (Å²) in [7, 11) is -3.69. The lowest BCUT2D eigenvalue weighted by atomic mass is 10.2. The Morgan fingerprint density at radius 1 is 1.05 bits per heavy atom. The van der Waals surface area contributed by atoms with Crippen LogP contribution in [0.5, 0.6) is 5.75 Å². The second-order valence-corrected chi connectivity index (χ2v) is 5.67. The first-order valence-corrected chi connectivity index (χ1v) is 7.08. The van der Waals surface area contributed by atoms with Crippen molar-refractivity contribution >= 4 is 16.2 Å². The van der Waals surface area contributed by atoms with Crippen molar-refractivity contribution in [2.24, 2.45) is 4.40 Å². The minimum absolute atomic E-state index is 0.124. The van der Waals surface area contributed by atoms with Crippen LogP contribution >= 0.6 is 0 Å². The maximum Gasteiger partial charge on any atom is 0.282 e. The van der Waals surface area contributed by atoms with Crippen LogP contribution < -0.4 is 0 Å². The quantitative estimate of drug-likeness (QED) is 0.875. The van der Waals surface area contributed by atoms with Gasteiger partial charge in [-0.2, -0.15) is 12.8 Å². The molecule has 1 N–H and O–H groups in total. The number of rotatable bonds is 3. The fourth-order valence-corrected chi connectivity index (χ4v) is 2.69. The van der Waals surface area contributed by atoms with Crippen LogP contribution in [0.15, 0.2) is 57.8 Å². The fourth-order valence-electron chi connectivity index (χ4n) is 1.59. The van der Waals surface area contributed by atoms with Crippen LogP contribution in [0.2, 0.25) is 0 Å². The van der Waals surface area contributed by atoms with Crippen molar-refractivity contribution in [3.8, 4) is 5.75 Å². The third kappa shape index (κ3) is 3.20. The van der Waals surface area contributed by atoms with Gasteiger partial charge in [-0.15, -0.1) is 0 Å². The number of aromatic hydroxyl groups is 1. The van der Waals surface area contributed by atoms with Gasteiger partial charge in [0.2, 0.25) is 0 Å². The third-order valence-corrected chi connectivity index (χ3v) is 4.00. The van der Waals surface area contributed by atoms with Crippen molar-refractivity contribution in [1.82, 2.24) is 0 Å². The SMILES string of the molecule is Cc1ccccc1S(=O)(=O)N=Cc1ccc(O)cc1. The highest BCUT2D eigenvalue weighted by molar-refractivity contribution is 7.90. The van der Waals surface area contributed by atoms with E-state index in [9.17, 15) is 8.42 Å². The van der Waals surface area contributed by atoms with Crippen LogP contribution in [-0.2, 0) is 10.0 Å². The van der Waals surface area contributed by atoms with Gasteiger partial charge in [0, 0.05) is 6.21 Å². The average Bonchev–Trinajstić information content (AvgIpc) is 2.38. The second-order valence-electron chi connectivity index (χ2n) is 4.07. The maximum atomic E-state index is 12.0. The number of phenolic OH excluding ortho intramolecular Hbond substituents is 1. The van der Waals surface area contributed by atoms with Gasteiger partial charge in [0.25, 0.3) is 10.0 Å². The molecule has 5 heteroatoms. The molecule has 2 rings (SSSR count). The van der Waals surface area contributed by atoms with Crippen molar-refractivity contribution in [3.63, 3.8) is 0 Å². The molecule has 4 nitrogen and oxygen atoms in total. The zero-order chi connectivity index (χ0) is 13.9. The molecule has 0 atom stereocenters. The van der Waals surface area contributed by atoms with E-state index in [-0.39, 0.29) is 10.6 Å². The van der Waals surface area contributed by atoms with Gasteiger partial charge < -0.3 is 5.11 Å². The predicted octanol–water partition coefficient (Wildman–Crippen LogP) is 2.51. The summed E-state index contributed by atoms with van der Waals surface area (Å²) in [4.78, 5) is 0.199. The standard InChI is InChI=1S/C14H13NO3S/c1-11-4-2-3-5-14(11)19(17,18)15-10-12-6-8-13(16)9-7-12/h2-10,16H,1H3. The van der Waals surface area contributed by atoms with Gasteiger partial charge in [-0.1, -0.05) is 18.2 Å². The lowest BCUT2D eigenvalue weighted by Gasteiger charge is -2.02. The summed E-state index contributed by atoms with van der Waals surface area (Å²) < 4.78 is 27.7. The Kier molecular flexibility index (Phi) is 3.66. The highest BCUT2D eigenvalue weighted by Gasteiger charge is 2.13. The molecule has 2 aromatic carbocycles. The van der Waals surface area contributed by atoms with Crippen LogP contribution in [0.1, 0.15) is 11.1 Å². The van der Waals surface area contributed by atoms with Gasteiger partial charge in [-0.25, -0.2) is 0 Å². The summed E-state index contributed by atoms with van der Waals surface area (Å²) in [5.74, 6) is 0.124. The Morgan fingerprint density at radius 3 is 2.32 bits per heavy atom. The van der Waals surface area contributed by atoms with E-state index in [2.05, 4.69) is 4.40 Å². The normalized spacial score (nSPS) is 11.8. The molecule has 0 saturated heterocycles. The largest absolute Gasteiger partial charge is 0.508 e. The lowest BCUT2D eigenvalue weighted by Crippen LogP contribution is -2.00. The van der Waals surface area contributed by atoms with Crippen LogP contribution in [-0.4, -0.2) is 19.7 Å². The molecule has 0 radical (unpaired) electrons. The van der Waals surface area contributed by atoms with Crippen LogP contribution in [0.3, 0.4) is 0 Å². The molecule has 0 aliphatic rings. The molecule has 0 spiro atoms. The number of phenols is 1. The average molecular weight is 275 g/mol. The first-order valence-electron chi connectivity index (χ1n) is 5.64. The summed E-state index contributed by atoms with van der Waals surface area (Å²) in [6.45, 7) is 1.73. The number of sulfonamides is 1. The molecule has 0 unspecified atom stereocenters. The Bertz CT molecular complexity index is 704. The predicted molar refractivity (Wildman–Crippen MR) is 74.1 cm³/mol. The zero-order valence-electron chi connectivity index (χ0n) is 10.3. The highest BCUT2D eigenvalue weighted by Crippen LogP contribution is 2.17. The summed E-state index contributed by atoms with van der Waals surface area (Å²) in [6.07, 6.45) is 1.27. The number of aryl methyl sites for hydroxylation is 1. The van der Waals surface area contributed by atoms with E-state index in [4.69, 9.17) is 5.11 Å². The van der Waals surface area contributed by atoms with Crippen molar-refractivity contribution in [2.75, 3.05) is 0 Å². The van der Waals surface area contributed by atoms with Crippen LogP contribution in [0.25, 0.3) is 0 Å². The van der Waals surface area contributed by atoms with Crippen molar-refractivity contribution in [3.05, 3.63) is 59.7 Å². The van der Waals surface area contributed by atoms with Gasteiger partial charge in [-0.05, 0) is 48.4 Å². The summed E-state index contributed by atoms with van der Waals surface area (Å²) in [5, 5.41) is 9.14. The smallest absolute Gasteiger partial charge is 0.282 e. The molecule has 0 aromatic heterocycles. The number of benzene rings is 2. The minimum atomic E-state index is -3.69. The molecule has 0 heterocycles. The van der Waals surface area contributed by atoms with E-state index in [1.165, 1.54) is 24.4 Å². The van der Waals surface area contributed by atoms with Gasteiger partial charge in [0.1, 0.15) is 5.75 Å². The molecule has 0 fully saturated rings. The van der Waals surface area contributed by atoms with Gasteiger partial charge in [-0.3, -0.25) is 0 Å². The Morgan fingerprint density at radius 2 is 1.68 bits per heavy atom. The monoisotopic (exact) mass is 275 g/mol. The van der Waals surface area contributed by atoms with E-state index < -0.39 is 10.0 Å². The molecule has 19 heavy (non-hydrogen) atoms. The first kappa shape index (κ1) is 13.3. The number of hydrogen-bond donors (Lipinski definition) is 1. The van der Waals surface area contributed by atoms with Crippen molar-refractivity contribution in [1.29, 1.82) is 0 Å². The van der Waals surface area contributed by atoms with E-state index in [0.717, 1.165) is 0 Å². The Labute approximate surface area is 112 Å². The van der Waals surface area contributed by atoms with E-state index >= 15 is 0 Å². The van der Waals surface area contributed by atoms with Gasteiger partial charge in [0.15, 0.2) is 0 Å². The van der Waals surface area contributed by atoms with Gasteiger partial charge >= 0.3 is 0 Å². The molecule has 0 saturated carbocycles. The van der Waals surface area contributed by atoms with Crippen molar-refractivity contribution < 1.29 is 13.5 Å². The molecule has 0 bridgehead atoms. The fraction of sp³-hybridized carbons (Fsp3) is 0.0714. The summed E-state index contributed by atoms with van der Waals surface area (Å²) in [6, 6.07) is 12.8. The Hall–Kier alpha value is -2.14. The summed E-state index contributed by atoms with van der Waals surface area (Å²) in [5.41, 5.74) is 1.26. The number of nitrogens with zero attached hydrogens (tertiary/aromatic N) is 1. The molecular formula is C14H13NO3S. The number of hydrogen-bond acceptors (Lipinski definition) is 3. The van der Waals surface area contributed by atoms with E-state index in [0.29, 0.717) is 11.1 Å². The van der Waals surface area contributed by atoms with E-state index in [1.807, 2.05) is 0 Å². The lowest BCUT2D eigenvalue weighted by molar-refractivity contribution is 0.475. The molecule has 0 amide bonds. The maximum absolute atomic E-state index is 12.0. The highest BCUT2D eigenvalue weighted by atomic mass is 32.2. The first-order chi connectivity index (χ1) is 8.99. The zero-order valence-corrected chi connectivity index (χ0v) is 11.1. The molecule has 0 aliphatic heterocycles. The summed E-state index contributed by atoms with van der Waals surface area (Å²) >= 11 is 0. The van der Waals surface area contributed by atoms with Crippen LogP contribution in [0.4, 0.5) is 0 Å². The van der Waals surface area contributed by atoms with E-state index in [1.54, 1.807) is 37.3 Å². The topological polar surface area (TPSA) is 66.7 Å². The molecule has 2 aromatic rings.